The van der Waals surface area contributed by atoms with Crippen molar-refractivity contribution in [1.29, 1.82) is 0 Å². The first-order chi connectivity index (χ1) is 12.5. The molecule has 0 aliphatic rings. The number of hydrogen-bond donors (Lipinski definition) is 1. The van der Waals surface area contributed by atoms with E-state index in [1.165, 1.54) is 63.6 Å². The monoisotopic (exact) mass is 362 g/mol. The molecule has 0 atom stereocenters. The molecule has 0 saturated heterocycles. The summed E-state index contributed by atoms with van der Waals surface area (Å²) in [6, 6.07) is 4.35. The Labute approximate surface area is 155 Å². The molecule has 1 aromatic carbocycles. The first kappa shape index (κ1) is 21.9. The molecule has 0 saturated carbocycles. The van der Waals surface area contributed by atoms with Crippen LogP contribution in [0.15, 0.2) is 18.2 Å². The SMILES string of the molecule is CCCCCCCCCCCC(=O)OC(=O)c1cccc(C(=O)O)c1C. The summed E-state index contributed by atoms with van der Waals surface area (Å²) in [4.78, 5) is 35.0. The van der Waals surface area contributed by atoms with Gasteiger partial charge in [-0.2, -0.15) is 0 Å². The second-order valence-electron chi connectivity index (χ2n) is 6.62. The maximum atomic E-state index is 12.1. The Kier molecular flexibility index (Phi) is 10.3. The molecule has 0 aliphatic heterocycles. The molecule has 0 heterocycles. The fraction of sp³-hybridized carbons (Fsp3) is 0.571. The average molecular weight is 362 g/mol. The minimum absolute atomic E-state index is 0.0332. The van der Waals surface area contributed by atoms with E-state index < -0.39 is 17.9 Å². The summed E-state index contributed by atoms with van der Waals surface area (Å²) >= 11 is 0. The Balaban J connectivity index is 2.28. The van der Waals surface area contributed by atoms with Crippen molar-refractivity contribution in [3.05, 3.63) is 34.9 Å². The van der Waals surface area contributed by atoms with E-state index in [4.69, 9.17) is 9.84 Å². The first-order valence-corrected chi connectivity index (χ1v) is 9.55. The summed E-state index contributed by atoms with van der Waals surface area (Å²) in [6.07, 6.45) is 10.5. The van der Waals surface area contributed by atoms with Gasteiger partial charge in [0.1, 0.15) is 0 Å². The maximum absolute atomic E-state index is 12.1. The standard InChI is InChI=1S/C21H30O5/c1-3-4-5-6-7-8-9-10-11-15-19(22)26-21(25)18-14-12-13-17(16(18)2)20(23)24/h12-14H,3-11,15H2,1-2H3,(H,23,24). The first-order valence-electron chi connectivity index (χ1n) is 9.55. The predicted molar refractivity (Wildman–Crippen MR) is 100 cm³/mol. The van der Waals surface area contributed by atoms with Crippen LogP contribution in [0.4, 0.5) is 0 Å². The molecular formula is C21H30O5. The van der Waals surface area contributed by atoms with Gasteiger partial charge in [0.05, 0.1) is 11.1 Å². The number of carbonyl (C=O) groups excluding carboxylic acids is 2. The normalized spacial score (nSPS) is 10.5. The summed E-state index contributed by atoms with van der Waals surface area (Å²) in [5, 5.41) is 9.08. The summed E-state index contributed by atoms with van der Waals surface area (Å²) < 4.78 is 4.85. The molecule has 0 aromatic heterocycles. The second kappa shape index (κ2) is 12.2. The Morgan fingerprint density at radius 3 is 2.00 bits per heavy atom. The number of ether oxygens (including phenoxy) is 1. The van der Waals surface area contributed by atoms with E-state index in [-0.39, 0.29) is 17.5 Å². The van der Waals surface area contributed by atoms with Crippen LogP contribution in [0.5, 0.6) is 0 Å². The molecule has 0 radical (unpaired) electrons. The smallest absolute Gasteiger partial charge is 0.346 e. The highest BCUT2D eigenvalue weighted by Gasteiger charge is 2.18. The second-order valence-corrected chi connectivity index (χ2v) is 6.62. The summed E-state index contributed by atoms with van der Waals surface area (Å²) in [6.45, 7) is 3.74. The Morgan fingerprint density at radius 2 is 1.42 bits per heavy atom. The minimum atomic E-state index is -1.11. The topological polar surface area (TPSA) is 80.7 Å². The van der Waals surface area contributed by atoms with Crippen LogP contribution in [0.2, 0.25) is 0 Å². The third-order valence-electron chi connectivity index (χ3n) is 4.48. The molecule has 0 spiro atoms. The molecule has 1 rings (SSSR count). The molecule has 0 amide bonds. The van der Waals surface area contributed by atoms with Crippen molar-refractivity contribution in [2.24, 2.45) is 0 Å². The largest absolute Gasteiger partial charge is 0.478 e. The lowest BCUT2D eigenvalue weighted by molar-refractivity contribution is -0.138. The van der Waals surface area contributed by atoms with Gasteiger partial charge in [-0.05, 0) is 31.0 Å². The van der Waals surface area contributed by atoms with Gasteiger partial charge in [-0.25, -0.2) is 9.59 Å². The number of rotatable bonds is 12. The molecule has 0 unspecified atom stereocenters. The zero-order valence-corrected chi connectivity index (χ0v) is 15.9. The van der Waals surface area contributed by atoms with E-state index in [2.05, 4.69) is 6.92 Å². The molecule has 26 heavy (non-hydrogen) atoms. The lowest BCUT2D eigenvalue weighted by Gasteiger charge is -2.08. The molecule has 0 bridgehead atoms. The Morgan fingerprint density at radius 1 is 0.885 bits per heavy atom. The van der Waals surface area contributed by atoms with Crippen molar-refractivity contribution >= 4 is 17.9 Å². The van der Waals surface area contributed by atoms with Gasteiger partial charge in [0.15, 0.2) is 0 Å². The number of aromatic carboxylic acids is 1. The van der Waals surface area contributed by atoms with Crippen molar-refractivity contribution in [2.45, 2.75) is 78.1 Å². The van der Waals surface area contributed by atoms with Crippen LogP contribution in [-0.4, -0.2) is 23.0 Å². The minimum Gasteiger partial charge on any atom is -0.478 e. The van der Waals surface area contributed by atoms with E-state index in [9.17, 15) is 14.4 Å². The number of benzene rings is 1. The van der Waals surface area contributed by atoms with E-state index in [1.807, 2.05) is 0 Å². The van der Waals surface area contributed by atoms with Gasteiger partial charge in [0.2, 0.25) is 0 Å². The summed E-state index contributed by atoms with van der Waals surface area (Å²) in [7, 11) is 0. The van der Waals surface area contributed by atoms with Gasteiger partial charge >= 0.3 is 17.9 Å². The van der Waals surface area contributed by atoms with Crippen molar-refractivity contribution in [3.8, 4) is 0 Å². The van der Waals surface area contributed by atoms with Crippen molar-refractivity contribution < 1.29 is 24.2 Å². The van der Waals surface area contributed by atoms with Crippen molar-refractivity contribution in [3.63, 3.8) is 0 Å². The van der Waals surface area contributed by atoms with Crippen molar-refractivity contribution in [1.82, 2.24) is 0 Å². The number of hydrogen-bond acceptors (Lipinski definition) is 4. The van der Waals surface area contributed by atoms with Gasteiger partial charge in [-0.15, -0.1) is 0 Å². The van der Waals surface area contributed by atoms with Gasteiger partial charge in [-0.3, -0.25) is 4.79 Å². The van der Waals surface area contributed by atoms with Crippen LogP contribution in [-0.2, 0) is 9.53 Å². The predicted octanol–water partition coefficient (Wildman–Crippen LogP) is 5.30. The number of carbonyl (C=O) groups is 3. The van der Waals surface area contributed by atoms with E-state index in [0.717, 1.165) is 12.8 Å². The quantitative estimate of drug-likeness (QED) is 0.310. The van der Waals surface area contributed by atoms with Crippen LogP contribution in [0, 0.1) is 6.92 Å². The molecular weight excluding hydrogens is 332 g/mol. The average Bonchev–Trinajstić information content (AvgIpc) is 2.60. The Hall–Kier alpha value is -2.17. The van der Waals surface area contributed by atoms with Crippen LogP contribution in [0.3, 0.4) is 0 Å². The molecule has 1 N–H and O–H groups in total. The number of unbranched alkanes of at least 4 members (excludes halogenated alkanes) is 8. The van der Waals surface area contributed by atoms with E-state index in [1.54, 1.807) is 0 Å². The molecule has 1 aromatic rings. The highest BCUT2D eigenvalue weighted by atomic mass is 16.6. The fourth-order valence-electron chi connectivity index (χ4n) is 2.88. The van der Waals surface area contributed by atoms with E-state index in [0.29, 0.717) is 12.0 Å². The van der Waals surface area contributed by atoms with E-state index >= 15 is 0 Å². The third kappa shape index (κ3) is 7.81. The molecule has 144 valence electrons. The molecule has 5 heteroatoms. The third-order valence-corrected chi connectivity index (χ3v) is 4.48. The van der Waals surface area contributed by atoms with Crippen LogP contribution >= 0.6 is 0 Å². The van der Waals surface area contributed by atoms with Crippen LogP contribution in [0.1, 0.15) is 97.4 Å². The van der Waals surface area contributed by atoms with Gasteiger partial charge in [-0.1, -0.05) is 64.4 Å². The highest BCUT2D eigenvalue weighted by Crippen LogP contribution is 2.16. The zero-order chi connectivity index (χ0) is 19.4. The number of esters is 2. The van der Waals surface area contributed by atoms with Crippen LogP contribution in [0.25, 0.3) is 0 Å². The lowest BCUT2D eigenvalue weighted by Crippen LogP contribution is -2.15. The van der Waals surface area contributed by atoms with Gasteiger partial charge in [0.25, 0.3) is 0 Å². The molecule has 0 fully saturated rings. The van der Waals surface area contributed by atoms with Crippen molar-refractivity contribution in [2.75, 3.05) is 0 Å². The molecule has 5 nitrogen and oxygen atoms in total. The number of carboxylic acid groups (broad SMARTS) is 1. The highest BCUT2D eigenvalue weighted by molar-refractivity contribution is 6.00. The lowest BCUT2D eigenvalue weighted by atomic mass is 10.0. The molecule has 0 aliphatic carbocycles. The summed E-state index contributed by atoms with van der Waals surface area (Å²) in [5.41, 5.74) is 0.456. The summed E-state index contributed by atoms with van der Waals surface area (Å²) in [5.74, 6) is -2.46. The van der Waals surface area contributed by atoms with Crippen LogP contribution < -0.4 is 0 Å². The zero-order valence-electron chi connectivity index (χ0n) is 15.9. The fourth-order valence-corrected chi connectivity index (χ4v) is 2.88. The van der Waals surface area contributed by atoms with Gasteiger partial charge < -0.3 is 9.84 Å². The van der Waals surface area contributed by atoms with Gasteiger partial charge in [0, 0.05) is 6.42 Å². The Bertz CT molecular complexity index is 606. The maximum Gasteiger partial charge on any atom is 0.346 e. The number of carboxylic acids is 1.